The summed E-state index contributed by atoms with van der Waals surface area (Å²) in [5.74, 6) is -1.33. The van der Waals surface area contributed by atoms with E-state index in [1.807, 2.05) is 73.7 Å². The SMILES string of the molecule is CC/C(=C\c1cccc(O)c1)CC[C@H]1OB(O)C[C@H]2C1=C(C)C[C@H]1C(=O)N(c3ccc(Nc4ccccc4)cc3)C(=O)[C@H]12. The normalized spacial score (nSPS) is 23.8. The first kappa shape index (κ1) is 29.0. The third-order valence-electron chi connectivity index (χ3n) is 9.06. The van der Waals surface area contributed by atoms with E-state index in [4.69, 9.17) is 4.65 Å². The second kappa shape index (κ2) is 12.2. The van der Waals surface area contributed by atoms with Crippen LogP contribution in [0.5, 0.6) is 5.75 Å². The molecule has 8 heteroatoms. The largest absolute Gasteiger partial charge is 0.508 e. The summed E-state index contributed by atoms with van der Waals surface area (Å²) >= 11 is 0. The molecule has 2 amide bonds. The van der Waals surface area contributed by atoms with Crippen LogP contribution in [0.2, 0.25) is 6.32 Å². The summed E-state index contributed by atoms with van der Waals surface area (Å²) in [5.41, 5.74) is 6.70. The molecule has 0 radical (unpaired) electrons. The van der Waals surface area contributed by atoms with Gasteiger partial charge in [-0.1, -0.05) is 54.5 Å². The molecule has 0 unspecified atom stereocenters. The lowest BCUT2D eigenvalue weighted by Crippen LogP contribution is -2.46. The molecule has 3 N–H and O–H groups in total. The van der Waals surface area contributed by atoms with E-state index in [-0.39, 0.29) is 29.6 Å². The Morgan fingerprint density at radius 1 is 1.00 bits per heavy atom. The number of nitrogens with zero attached hydrogens (tertiary/aromatic N) is 1. The van der Waals surface area contributed by atoms with E-state index in [1.54, 1.807) is 12.1 Å². The number of phenolic OH excluding ortho intramolecular Hbond substituents is 1. The van der Waals surface area contributed by atoms with Crippen molar-refractivity contribution in [1.29, 1.82) is 0 Å². The van der Waals surface area contributed by atoms with Crippen molar-refractivity contribution in [3.05, 3.63) is 101 Å². The van der Waals surface area contributed by atoms with Crippen molar-refractivity contribution in [2.75, 3.05) is 10.2 Å². The monoisotopic (exact) mass is 576 g/mol. The lowest BCUT2D eigenvalue weighted by molar-refractivity contribution is -0.122. The number of phenols is 1. The van der Waals surface area contributed by atoms with Crippen molar-refractivity contribution in [3.8, 4) is 5.75 Å². The number of rotatable bonds is 8. The van der Waals surface area contributed by atoms with Gasteiger partial charge in [-0.05, 0) is 105 Å². The number of allylic oxidation sites excluding steroid dienone is 2. The summed E-state index contributed by atoms with van der Waals surface area (Å²) in [4.78, 5) is 29.0. The zero-order valence-electron chi connectivity index (χ0n) is 24.6. The molecule has 6 rings (SSSR count). The molecule has 0 aromatic heterocycles. The first-order chi connectivity index (χ1) is 20.8. The van der Waals surface area contributed by atoms with Crippen molar-refractivity contribution >= 4 is 42.1 Å². The molecular weight excluding hydrogens is 539 g/mol. The standard InChI is InChI=1S/C35H37BN2O5/c1-3-23(19-24-8-7-11-28(39)20-24)12-17-31-32-22(2)18-29-33(30(32)21-36(42)43-31)35(41)38(34(29)40)27-15-13-26(14-16-27)37-25-9-5-4-6-10-25/h4-11,13-16,19-20,29-31,33,37,39,42H,3,12,17-18,21H2,1-2H3/b23-19+/t29-,30+,31-,33-/m1/s1. The van der Waals surface area contributed by atoms with E-state index < -0.39 is 19.0 Å². The van der Waals surface area contributed by atoms with Gasteiger partial charge in [-0.15, -0.1) is 0 Å². The van der Waals surface area contributed by atoms with Crippen molar-refractivity contribution in [2.45, 2.75) is 52.0 Å². The molecule has 7 nitrogen and oxygen atoms in total. The summed E-state index contributed by atoms with van der Waals surface area (Å²) in [6.45, 7) is 4.14. The van der Waals surface area contributed by atoms with E-state index in [0.717, 1.165) is 40.9 Å². The third-order valence-corrected chi connectivity index (χ3v) is 9.06. The van der Waals surface area contributed by atoms with Crippen molar-refractivity contribution in [3.63, 3.8) is 0 Å². The van der Waals surface area contributed by atoms with E-state index in [9.17, 15) is 19.7 Å². The third kappa shape index (κ3) is 5.90. The van der Waals surface area contributed by atoms with Gasteiger partial charge in [0.15, 0.2) is 0 Å². The summed E-state index contributed by atoms with van der Waals surface area (Å²) in [5, 5.41) is 24.0. The van der Waals surface area contributed by atoms with Crippen molar-refractivity contribution in [1.82, 2.24) is 0 Å². The van der Waals surface area contributed by atoms with Crippen LogP contribution in [0.3, 0.4) is 0 Å². The van der Waals surface area contributed by atoms with E-state index in [2.05, 4.69) is 18.3 Å². The zero-order valence-corrected chi connectivity index (χ0v) is 24.6. The molecule has 3 aliphatic rings. The number of carbonyl (C=O) groups is 2. The smallest absolute Gasteiger partial charge is 0.455 e. The minimum atomic E-state index is -0.995. The molecule has 0 bridgehead atoms. The molecule has 1 aliphatic carbocycles. The van der Waals surface area contributed by atoms with Crippen LogP contribution in [0.4, 0.5) is 17.1 Å². The second-order valence-corrected chi connectivity index (χ2v) is 11.8. The van der Waals surface area contributed by atoms with Crippen LogP contribution in [-0.2, 0) is 14.2 Å². The predicted molar refractivity (Wildman–Crippen MR) is 170 cm³/mol. The quantitative estimate of drug-likeness (QED) is 0.156. The zero-order chi connectivity index (χ0) is 30.1. The molecule has 43 heavy (non-hydrogen) atoms. The van der Waals surface area contributed by atoms with E-state index in [1.165, 1.54) is 10.5 Å². The first-order valence-corrected chi connectivity index (χ1v) is 15.1. The average Bonchev–Trinajstić information content (AvgIpc) is 3.24. The van der Waals surface area contributed by atoms with Gasteiger partial charge in [0.25, 0.3) is 0 Å². The van der Waals surface area contributed by atoms with Crippen LogP contribution in [0, 0.1) is 17.8 Å². The van der Waals surface area contributed by atoms with Gasteiger partial charge in [-0.3, -0.25) is 14.5 Å². The number of imide groups is 1. The molecule has 2 fully saturated rings. The first-order valence-electron chi connectivity index (χ1n) is 15.1. The fourth-order valence-corrected chi connectivity index (χ4v) is 7.07. The Labute approximate surface area is 253 Å². The van der Waals surface area contributed by atoms with Crippen LogP contribution < -0.4 is 10.2 Å². The number of nitrogens with one attached hydrogen (secondary N) is 1. The maximum absolute atomic E-state index is 14.0. The van der Waals surface area contributed by atoms with Gasteiger partial charge in [-0.2, -0.15) is 0 Å². The summed E-state index contributed by atoms with van der Waals surface area (Å²) in [7, 11) is -0.995. The lowest BCUT2D eigenvalue weighted by atomic mass is 9.59. The minimum Gasteiger partial charge on any atom is -0.508 e. The number of amides is 2. The van der Waals surface area contributed by atoms with Gasteiger partial charge in [0.1, 0.15) is 5.75 Å². The van der Waals surface area contributed by atoms with E-state index >= 15 is 0 Å². The van der Waals surface area contributed by atoms with Gasteiger partial charge in [0, 0.05) is 11.4 Å². The molecule has 2 saturated heterocycles. The van der Waals surface area contributed by atoms with Crippen molar-refractivity contribution in [2.24, 2.45) is 17.8 Å². The molecule has 3 aromatic carbocycles. The van der Waals surface area contributed by atoms with Gasteiger partial charge < -0.3 is 20.1 Å². The summed E-state index contributed by atoms with van der Waals surface area (Å²) < 4.78 is 6.09. The van der Waals surface area contributed by atoms with Gasteiger partial charge in [0.05, 0.1) is 23.6 Å². The summed E-state index contributed by atoms with van der Waals surface area (Å²) in [6, 6.07) is 24.4. The Kier molecular flexibility index (Phi) is 8.24. The maximum atomic E-state index is 14.0. The molecule has 220 valence electrons. The molecule has 3 aromatic rings. The number of benzene rings is 3. The van der Waals surface area contributed by atoms with Crippen LogP contribution in [-0.4, -0.2) is 35.2 Å². The van der Waals surface area contributed by atoms with Crippen LogP contribution >= 0.6 is 0 Å². The highest BCUT2D eigenvalue weighted by Crippen LogP contribution is 2.51. The number of hydrogen-bond donors (Lipinski definition) is 3. The second-order valence-electron chi connectivity index (χ2n) is 11.8. The van der Waals surface area contributed by atoms with Crippen LogP contribution in [0.15, 0.2) is 95.6 Å². The maximum Gasteiger partial charge on any atom is 0.455 e. The predicted octanol–water partition coefficient (Wildman–Crippen LogP) is 6.73. The highest BCUT2D eigenvalue weighted by Gasteiger charge is 2.57. The van der Waals surface area contributed by atoms with Crippen LogP contribution in [0.1, 0.15) is 45.1 Å². The van der Waals surface area contributed by atoms with Crippen LogP contribution in [0.25, 0.3) is 6.08 Å². The lowest BCUT2D eigenvalue weighted by Gasteiger charge is -2.42. The highest BCUT2D eigenvalue weighted by atomic mass is 16.5. The highest BCUT2D eigenvalue weighted by molar-refractivity contribution is 6.43. The van der Waals surface area contributed by atoms with Crippen molar-refractivity contribution < 1.29 is 24.4 Å². The van der Waals surface area contributed by atoms with Gasteiger partial charge in [-0.25, -0.2) is 0 Å². The Balaban J connectivity index is 1.20. The minimum absolute atomic E-state index is 0.169. The number of anilines is 3. The molecule has 4 atom stereocenters. The number of hydrogen-bond acceptors (Lipinski definition) is 6. The average molecular weight is 577 g/mol. The number of aromatic hydroxyl groups is 1. The fraction of sp³-hybridized carbons (Fsp3) is 0.314. The molecule has 2 heterocycles. The van der Waals surface area contributed by atoms with E-state index in [0.29, 0.717) is 24.8 Å². The topological polar surface area (TPSA) is 99.1 Å². The van der Waals surface area contributed by atoms with Gasteiger partial charge in [0.2, 0.25) is 11.8 Å². The summed E-state index contributed by atoms with van der Waals surface area (Å²) in [6.07, 6.45) is 4.85. The Morgan fingerprint density at radius 3 is 2.47 bits per heavy atom. The number of para-hydroxylation sites is 1. The number of carbonyl (C=O) groups excluding carboxylic acids is 2. The molecule has 2 aliphatic heterocycles. The molecule has 0 saturated carbocycles. The number of fused-ring (bicyclic) bond motifs is 3. The Hall–Kier alpha value is -4.14. The molecular formula is C35H37BN2O5. The molecule has 0 spiro atoms. The fourth-order valence-electron chi connectivity index (χ4n) is 7.07. The Morgan fingerprint density at radius 2 is 1.74 bits per heavy atom. The Bertz CT molecular complexity index is 1570. The van der Waals surface area contributed by atoms with Gasteiger partial charge >= 0.3 is 7.12 Å².